The van der Waals surface area contributed by atoms with Gasteiger partial charge < -0.3 is 13.7 Å². The zero-order valence-electron chi connectivity index (χ0n) is 79.7. The zero-order valence-corrected chi connectivity index (χ0v) is 79.7. The second kappa shape index (κ2) is 36.0. The molecule has 0 aliphatic heterocycles. The molecule has 692 valence electrons. The third kappa shape index (κ3) is 14.8. The topological polar surface area (TPSA) is 158 Å². The van der Waals surface area contributed by atoms with E-state index in [9.17, 15) is 0 Å². The minimum Gasteiger partial charge on any atom is -0.309 e. The summed E-state index contributed by atoms with van der Waals surface area (Å²) >= 11 is 0. The second-order valence-electron chi connectivity index (χ2n) is 37.0. The molecule has 12 aromatic heterocycles. The van der Waals surface area contributed by atoms with Gasteiger partial charge in [-0.05, 0) is 185 Å². The maximum absolute atomic E-state index is 5.26. The van der Waals surface area contributed by atoms with Gasteiger partial charge in [0.15, 0.2) is 17.5 Å². The van der Waals surface area contributed by atoms with Crippen molar-refractivity contribution in [1.82, 2.24) is 77.2 Å². The highest BCUT2D eigenvalue weighted by molar-refractivity contribution is 6.16. The Balaban J connectivity index is 0.000000107. The van der Waals surface area contributed by atoms with Crippen molar-refractivity contribution in [3.8, 4) is 125 Å². The highest BCUT2D eigenvalue weighted by Gasteiger charge is 2.27. The molecule has 16 nitrogen and oxygen atoms in total. The number of pyridine rings is 3. The fourth-order valence-corrected chi connectivity index (χ4v) is 21.6. The van der Waals surface area contributed by atoms with Gasteiger partial charge in [-0.25, -0.2) is 24.9 Å². The molecule has 12 heterocycles. The predicted octanol–water partition coefficient (Wildman–Crippen LogP) is 32.1. The molecule has 0 atom stereocenters. The van der Waals surface area contributed by atoms with Gasteiger partial charge in [-0.15, -0.1) is 0 Å². The lowest BCUT2D eigenvalue weighted by atomic mass is 10.0. The lowest BCUT2D eigenvalue weighted by molar-refractivity contribution is 0.953. The lowest BCUT2D eigenvalue weighted by Crippen LogP contribution is -2.06. The Morgan fingerprint density at radius 3 is 0.878 bits per heavy atom. The maximum Gasteiger partial charge on any atom is 0.238 e. The number of nitrogens with zero attached hydrogens (tertiary/aromatic N) is 16. The van der Waals surface area contributed by atoms with Gasteiger partial charge in [-0.1, -0.05) is 334 Å². The first-order valence-electron chi connectivity index (χ1n) is 49.6. The van der Waals surface area contributed by atoms with E-state index in [1.807, 2.05) is 152 Å². The lowest BCUT2D eigenvalue weighted by Gasteiger charge is -2.12. The van der Waals surface area contributed by atoms with E-state index >= 15 is 0 Å². The van der Waals surface area contributed by atoms with Crippen LogP contribution in [0.2, 0.25) is 0 Å². The fourth-order valence-electron chi connectivity index (χ4n) is 21.6. The molecule has 18 aromatic carbocycles. The summed E-state index contributed by atoms with van der Waals surface area (Å²) in [5.74, 6) is 3.92. The van der Waals surface area contributed by atoms with Crippen LogP contribution in [-0.4, -0.2) is 77.2 Å². The Hall–Kier alpha value is -20.4. The van der Waals surface area contributed by atoms with Crippen molar-refractivity contribution in [3.63, 3.8) is 0 Å². The van der Waals surface area contributed by atoms with Gasteiger partial charge in [0.05, 0.1) is 99.7 Å². The van der Waals surface area contributed by atoms with Crippen LogP contribution in [0.25, 0.3) is 267 Å². The summed E-state index contributed by atoms with van der Waals surface area (Å²) in [7, 11) is 0. The summed E-state index contributed by atoms with van der Waals surface area (Å²) in [6.45, 7) is 0. The average molecular weight is 1890 g/mol. The summed E-state index contributed by atoms with van der Waals surface area (Å²) in [4.78, 5) is 50.3. The fraction of sp³-hybridized carbons (Fsp3) is 0. The van der Waals surface area contributed by atoms with Gasteiger partial charge in [0.25, 0.3) is 0 Å². The number of benzene rings is 18. The van der Waals surface area contributed by atoms with E-state index in [-0.39, 0.29) is 0 Å². The quantitative estimate of drug-likeness (QED) is 0.103. The van der Waals surface area contributed by atoms with E-state index in [1.165, 1.54) is 49.0 Å². The molecular weight excluding hydrogens is 1810 g/mol. The van der Waals surface area contributed by atoms with Gasteiger partial charge in [-0.2, -0.15) is 9.97 Å². The molecule has 30 rings (SSSR count). The van der Waals surface area contributed by atoms with Crippen LogP contribution in [0.3, 0.4) is 0 Å². The smallest absolute Gasteiger partial charge is 0.238 e. The van der Waals surface area contributed by atoms with Gasteiger partial charge in [0.1, 0.15) is 5.82 Å². The molecule has 0 fully saturated rings. The van der Waals surface area contributed by atoms with E-state index in [2.05, 4.69) is 385 Å². The third-order valence-corrected chi connectivity index (χ3v) is 28.4. The standard InChI is InChI=1S/C45H29N5.C44H28N6.C43H27N5/c1-4-13-30(14-5-1)38-29-43(48-45(47-38)31-15-6-2-7-16-31)50-40-25-23-32(27-37(40)44-41(50)21-12-26-46-44)33-22-24-36-35-19-10-11-20-39(35)49(42(36)28-33)34-17-8-3-9-18-34;1-4-13-29(14-5-1)42-46-43(30-15-6-2-7-16-30)48-44(47-42)50-38-25-23-31(27-36(38)41-39(50)21-12-26-45-41)32-22-24-35-34-19-10-11-20-37(34)49(40(35)28-32)33-17-8-3-9-18-33;1-3-12-28(13-4-1)41-34-17-7-9-18-36(34)45-43(46-41)48-37-19-10-8-16-32(37)33-23-21-30(27-40(33)48)29-22-24-38-35(26-29)42-39(20-11-25-44-42)47(38)31-14-5-2-6-15-31/h1-29H;1-28H;1-27H. The SMILES string of the molecule is c1ccc(-c2cc(-n3c4ccc(-c5ccc6c7ccccc7n(-c7ccccc7)c6c5)cc4c4ncccc43)nc(-c3ccccc3)n2)cc1.c1ccc(-c2nc(-c3ccccc3)nc(-n3c4ccc(-c5ccc6c7ccccc7n(-c7ccccc7)c6c5)cc4c4ncccc43)n2)cc1.c1ccc(-c2nc(-n3c4ccccc4c4ccc(-c5ccc6c(c5)c5ncccc5n6-c5ccccc5)cc43)nc3ccccc23)cc1. The van der Waals surface area contributed by atoms with Crippen LogP contribution in [-0.2, 0) is 0 Å². The number of para-hydroxylation sites is 7. The van der Waals surface area contributed by atoms with Crippen LogP contribution in [0, 0.1) is 0 Å². The molecule has 0 N–H and O–H groups in total. The maximum atomic E-state index is 5.26. The molecule has 0 radical (unpaired) electrons. The Bertz CT molecular complexity index is 9910. The first kappa shape index (κ1) is 85.6. The van der Waals surface area contributed by atoms with Gasteiger partial charge >= 0.3 is 0 Å². The second-order valence-corrected chi connectivity index (χ2v) is 37.0. The molecule has 16 heteroatoms. The minimum atomic E-state index is 0.548. The van der Waals surface area contributed by atoms with Crippen LogP contribution in [0.4, 0.5) is 0 Å². The van der Waals surface area contributed by atoms with Crippen LogP contribution in [0.5, 0.6) is 0 Å². The van der Waals surface area contributed by atoms with E-state index in [1.54, 1.807) is 0 Å². The van der Waals surface area contributed by atoms with Crippen molar-refractivity contribution in [1.29, 1.82) is 0 Å². The molecular formula is C132H84N16. The summed E-state index contributed by atoms with van der Waals surface area (Å²) in [6, 6.07) is 171. The summed E-state index contributed by atoms with van der Waals surface area (Å²) in [6.07, 6.45) is 5.59. The molecule has 30 aromatic rings. The first-order valence-corrected chi connectivity index (χ1v) is 49.6. The number of hydrogen-bond acceptors (Lipinski definition) is 10. The highest BCUT2D eigenvalue weighted by atomic mass is 15.2. The molecule has 0 bridgehead atoms. The molecule has 0 amide bonds. The molecule has 148 heavy (non-hydrogen) atoms. The van der Waals surface area contributed by atoms with Crippen molar-refractivity contribution in [2.75, 3.05) is 0 Å². The minimum absolute atomic E-state index is 0.548. The number of hydrogen-bond donors (Lipinski definition) is 0. The summed E-state index contributed by atoms with van der Waals surface area (Å²) in [5, 5.41) is 11.5. The molecule has 0 aliphatic rings. The van der Waals surface area contributed by atoms with E-state index in [0.717, 1.165) is 189 Å². The third-order valence-electron chi connectivity index (χ3n) is 28.4. The molecule has 0 unspecified atom stereocenters. The molecule has 0 saturated carbocycles. The van der Waals surface area contributed by atoms with Crippen molar-refractivity contribution >= 4 is 142 Å². The van der Waals surface area contributed by atoms with Crippen molar-refractivity contribution in [2.24, 2.45) is 0 Å². The molecule has 0 spiro atoms. The van der Waals surface area contributed by atoms with Gasteiger partial charge in [-0.3, -0.25) is 28.7 Å². The van der Waals surface area contributed by atoms with Gasteiger partial charge in [0, 0.05) is 123 Å². The number of rotatable bonds is 14. The van der Waals surface area contributed by atoms with Crippen LogP contribution in [0.15, 0.2) is 510 Å². The van der Waals surface area contributed by atoms with Crippen molar-refractivity contribution in [3.05, 3.63) is 510 Å². The highest BCUT2D eigenvalue weighted by Crippen LogP contribution is 2.45. The van der Waals surface area contributed by atoms with Crippen LogP contribution >= 0.6 is 0 Å². The number of aromatic nitrogens is 16. The monoisotopic (exact) mass is 1890 g/mol. The van der Waals surface area contributed by atoms with E-state index in [0.29, 0.717) is 29.4 Å². The predicted molar refractivity (Wildman–Crippen MR) is 604 cm³/mol. The summed E-state index contributed by atoms with van der Waals surface area (Å²) in [5.41, 5.74) is 33.7. The van der Waals surface area contributed by atoms with Crippen LogP contribution < -0.4 is 0 Å². The largest absolute Gasteiger partial charge is 0.309 e. The van der Waals surface area contributed by atoms with Crippen molar-refractivity contribution < 1.29 is 0 Å². The van der Waals surface area contributed by atoms with Gasteiger partial charge in [0.2, 0.25) is 11.9 Å². The Morgan fingerprint density at radius 1 is 0.149 bits per heavy atom. The van der Waals surface area contributed by atoms with E-state index < -0.39 is 0 Å². The van der Waals surface area contributed by atoms with Crippen molar-refractivity contribution in [2.45, 2.75) is 0 Å². The zero-order chi connectivity index (χ0) is 97.6. The Labute approximate surface area is 848 Å². The molecule has 0 saturated heterocycles. The first-order chi connectivity index (χ1) is 73.4. The molecule has 0 aliphatic carbocycles. The average Bonchev–Trinajstić information content (AvgIpc) is 1.55. The Morgan fingerprint density at radius 2 is 0.439 bits per heavy atom. The normalized spacial score (nSPS) is 11.6. The van der Waals surface area contributed by atoms with Crippen LogP contribution in [0.1, 0.15) is 0 Å². The Kier molecular flexibility index (Phi) is 20.8. The summed E-state index contributed by atoms with van der Waals surface area (Å²) < 4.78 is 13.6. The number of fused-ring (bicyclic) bond motifs is 19. The van der Waals surface area contributed by atoms with E-state index in [4.69, 9.17) is 49.8 Å².